The van der Waals surface area contributed by atoms with Crippen molar-refractivity contribution in [1.29, 1.82) is 5.26 Å². The van der Waals surface area contributed by atoms with E-state index >= 15 is 0 Å². The molecule has 1 heterocycles. The van der Waals surface area contributed by atoms with Crippen molar-refractivity contribution in [1.82, 2.24) is 4.98 Å². The third-order valence-electron chi connectivity index (χ3n) is 5.13. The molecule has 0 atom stereocenters. The molecule has 2 rings (SSSR count). The number of aryl methyl sites for hydroxylation is 1. The lowest BCUT2D eigenvalue weighted by Crippen LogP contribution is -2.29. The highest BCUT2D eigenvalue weighted by Gasteiger charge is 2.36. The van der Waals surface area contributed by atoms with Gasteiger partial charge < -0.3 is 4.74 Å². The molecule has 0 spiro atoms. The third kappa shape index (κ3) is 3.20. The Labute approximate surface area is 128 Å². The molecule has 0 N–H and O–H groups in total. The van der Waals surface area contributed by atoms with Gasteiger partial charge in [0.1, 0.15) is 5.75 Å². The minimum Gasteiger partial charge on any atom is -0.496 e. The zero-order valence-corrected chi connectivity index (χ0v) is 13.7. The Kier molecular flexibility index (Phi) is 4.88. The van der Waals surface area contributed by atoms with Gasteiger partial charge in [0, 0.05) is 29.4 Å². The Balaban J connectivity index is 2.22. The summed E-state index contributed by atoms with van der Waals surface area (Å²) in [5, 5.41) is 9.72. The van der Waals surface area contributed by atoms with E-state index in [1.54, 1.807) is 7.11 Å². The lowest BCUT2D eigenvalue weighted by atomic mass is 9.68. The van der Waals surface area contributed by atoms with E-state index in [0.29, 0.717) is 0 Å². The van der Waals surface area contributed by atoms with Crippen LogP contribution in [0.4, 0.5) is 0 Å². The van der Waals surface area contributed by atoms with Gasteiger partial charge in [-0.1, -0.05) is 13.3 Å². The molecule has 1 saturated carbocycles. The molecule has 0 amide bonds. The van der Waals surface area contributed by atoms with Gasteiger partial charge in [-0.15, -0.1) is 0 Å². The first kappa shape index (κ1) is 15.8. The van der Waals surface area contributed by atoms with Gasteiger partial charge >= 0.3 is 0 Å². The number of hydrogen-bond acceptors (Lipinski definition) is 3. The maximum Gasteiger partial charge on any atom is 0.128 e. The van der Waals surface area contributed by atoms with Gasteiger partial charge in [0.05, 0.1) is 18.6 Å². The van der Waals surface area contributed by atoms with Crippen LogP contribution in [-0.4, -0.2) is 12.1 Å². The van der Waals surface area contributed by atoms with Gasteiger partial charge in [0.15, 0.2) is 0 Å². The van der Waals surface area contributed by atoms with E-state index in [-0.39, 0.29) is 5.41 Å². The van der Waals surface area contributed by atoms with Crippen molar-refractivity contribution in [2.24, 2.45) is 11.3 Å². The average molecular weight is 286 g/mol. The number of hydrogen-bond donors (Lipinski definition) is 0. The summed E-state index contributed by atoms with van der Waals surface area (Å²) in [6.07, 6.45) is 8.19. The van der Waals surface area contributed by atoms with E-state index < -0.39 is 0 Å². The Hall–Kier alpha value is -1.56. The lowest BCUT2D eigenvalue weighted by Gasteiger charge is -2.35. The molecule has 1 aliphatic carbocycles. The van der Waals surface area contributed by atoms with E-state index in [9.17, 15) is 5.26 Å². The highest BCUT2D eigenvalue weighted by atomic mass is 16.5. The van der Waals surface area contributed by atoms with E-state index in [4.69, 9.17) is 4.74 Å². The topological polar surface area (TPSA) is 45.9 Å². The molecule has 1 aromatic heterocycles. The number of pyridine rings is 1. The van der Waals surface area contributed by atoms with E-state index in [0.717, 1.165) is 47.8 Å². The molecule has 114 valence electrons. The SMILES string of the molecule is CCC1CCC(C#N)(Cc2ncc(C)c(OC)c2C)CC1. The Morgan fingerprint density at radius 2 is 2.05 bits per heavy atom. The van der Waals surface area contributed by atoms with E-state index in [2.05, 4.69) is 24.9 Å². The highest BCUT2D eigenvalue weighted by Crippen LogP contribution is 2.42. The first-order valence-electron chi connectivity index (χ1n) is 7.95. The molecule has 0 aromatic carbocycles. The molecular formula is C18H26N2O. The Morgan fingerprint density at radius 1 is 1.38 bits per heavy atom. The van der Waals surface area contributed by atoms with Crippen LogP contribution < -0.4 is 4.74 Å². The van der Waals surface area contributed by atoms with Crippen LogP contribution in [0.15, 0.2) is 6.20 Å². The monoisotopic (exact) mass is 286 g/mol. The van der Waals surface area contributed by atoms with Crippen molar-refractivity contribution in [3.63, 3.8) is 0 Å². The smallest absolute Gasteiger partial charge is 0.128 e. The average Bonchev–Trinajstić information content (AvgIpc) is 2.51. The summed E-state index contributed by atoms with van der Waals surface area (Å²) in [4.78, 5) is 4.58. The summed E-state index contributed by atoms with van der Waals surface area (Å²) < 4.78 is 5.48. The van der Waals surface area contributed by atoms with E-state index in [1.165, 1.54) is 19.3 Å². The Bertz CT molecular complexity index is 537. The molecular weight excluding hydrogens is 260 g/mol. The predicted molar refractivity (Wildman–Crippen MR) is 84.3 cm³/mol. The van der Waals surface area contributed by atoms with E-state index in [1.807, 2.05) is 13.1 Å². The summed E-state index contributed by atoms with van der Waals surface area (Å²) in [6, 6.07) is 2.61. The fourth-order valence-corrected chi connectivity index (χ4v) is 3.54. The largest absolute Gasteiger partial charge is 0.496 e. The van der Waals surface area contributed by atoms with Crippen molar-refractivity contribution in [2.75, 3.05) is 7.11 Å². The second kappa shape index (κ2) is 6.47. The molecule has 0 unspecified atom stereocenters. The van der Waals surface area contributed by atoms with Crippen molar-refractivity contribution < 1.29 is 4.74 Å². The van der Waals surface area contributed by atoms with Crippen LogP contribution in [0.5, 0.6) is 5.75 Å². The number of ether oxygens (including phenoxy) is 1. The first-order chi connectivity index (χ1) is 10.0. The first-order valence-corrected chi connectivity index (χ1v) is 7.95. The number of nitriles is 1. The third-order valence-corrected chi connectivity index (χ3v) is 5.13. The van der Waals surface area contributed by atoms with Crippen LogP contribution in [0.2, 0.25) is 0 Å². The summed E-state index contributed by atoms with van der Waals surface area (Å²) in [5.74, 6) is 1.71. The quantitative estimate of drug-likeness (QED) is 0.826. The lowest BCUT2D eigenvalue weighted by molar-refractivity contribution is 0.203. The number of aromatic nitrogens is 1. The molecule has 21 heavy (non-hydrogen) atoms. The maximum atomic E-state index is 9.72. The van der Waals surface area contributed by atoms with Gasteiger partial charge in [-0.3, -0.25) is 4.98 Å². The van der Waals surface area contributed by atoms with Crippen molar-refractivity contribution in [2.45, 2.75) is 59.3 Å². The van der Waals surface area contributed by atoms with Crippen molar-refractivity contribution >= 4 is 0 Å². The molecule has 3 nitrogen and oxygen atoms in total. The predicted octanol–water partition coefficient (Wildman–Crippen LogP) is 4.36. The molecule has 1 aromatic rings. The highest BCUT2D eigenvalue weighted by molar-refractivity contribution is 5.41. The standard InChI is InChI=1S/C18H26N2O/c1-5-15-6-8-18(12-19,9-7-15)10-16-14(3)17(21-4)13(2)11-20-16/h11,15H,5-10H2,1-4H3. The summed E-state index contributed by atoms with van der Waals surface area (Å²) in [6.45, 7) is 6.31. The maximum absolute atomic E-state index is 9.72. The fraction of sp³-hybridized carbons (Fsp3) is 0.667. The van der Waals surface area contributed by atoms with Crippen LogP contribution in [0.3, 0.4) is 0 Å². The van der Waals surface area contributed by atoms with Crippen LogP contribution in [0.1, 0.15) is 55.8 Å². The zero-order chi connectivity index (χ0) is 15.5. The van der Waals surface area contributed by atoms with Gasteiger partial charge in [-0.05, 0) is 45.4 Å². The van der Waals surface area contributed by atoms with Gasteiger partial charge in [0.25, 0.3) is 0 Å². The molecule has 3 heteroatoms. The van der Waals surface area contributed by atoms with Gasteiger partial charge in [-0.2, -0.15) is 5.26 Å². The second-order valence-electron chi connectivity index (χ2n) is 6.47. The second-order valence-corrected chi connectivity index (χ2v) is 6.47. The molecule has 0 saturated heterocycles. The minimum atomic E-state index is -0.232. The molecule has 0 aliphatic heterocycles. The number of methoxy groups -OCH3 is 1. The van der Waals surface area contributed by atoms with Gasteiger partial charge in [-0.25, -0.2) is 0 Å². The number of nitrogens with zero attached hydrogens (tertiary/aromatic N) is 2. The molecule has 0 bridgehead atoms. The normalized spacial score (nSPS) is 25.4. The van der Waals surface area contributed by atoms with Crippen LogP contribution in [0, 0.1) is 36.5 Å². The summed E-state index contributed by atoms with van der Waals surface area (Å²) in [7, 11) is 1.70. The molecule has 0 radical (unpaired) electrons. The minimum absolute atomic E-state index is 0.232. The van der Waals surface area contributed by atoms with Crippen LogP contribution in [0.25, 0.3) is 0 Å². The number of rotatable bonds is 4. The fourth-order valence-electron chi connectivity index (χ4n) is 3.54. The van der Waals surface area contributed by atoms with Crippen molar-refractivity contribution in [3.8, 4) is 11.8 Å². The Morgan fingerprint density at radius 3 is 2.57 bits per heavy atom. The van der Waals surface area contributed by atoms with Crippen LogP contribution >= 0.6 is 0 Å². The zero-order valence-electron chi connectivity index (χ0n) is 13.7. The van der Waals surface area contributed by atoms with Crippen molar-refractivity contribution in [3.05, 3.63) is 23.0 Å². The van der Waals surface area contributed by atoms with Gasteiger partial charge in [0.2, 0.25) is 0 Å². The van der Waals surface area contributed by atoms with Crippen LogP contribution in [-0.2, 0) is 6.42 Å². The summed E-state index contributed by atoms with van der Waals surface area (Å²) in [5.41, 5.74) is 2.93. The molecule has 1 fully saturated rings. The molecule has 1 aliphatic rings. The summed E-state index contributed by atoms with van der Waals surface area (Å²) >= 11 is 0.